The lowest BCUT2D eigenvalue weighted by molar-refractivity contribution is 0.556. The van der Waals surface area contributed by atoms with Gasteiger partial charge in [0.2, 0.25) is 0 Å². The summed E-state index contributed by atoms with van der Waals surface area (Å²) in [6, 6.07) is 5.85. The van der Waals surface area contributed by atoms with Crippen molar-refractivity contribution in [1.82, 2.24) is 0 Å². The summed E-state index contributed by atoms with van der Waals surface area (Å²) in [5, 5.41) is 0.731. The maximum atomic E-state index is 5.96. The summed E-state index contributed by atoms with van der Waals surface area (Å²) in [5.41, 5.74) is 8.04. The molecule has 2 N–H and O–H groups in total. The fraction of sp³-hybridized carbons (Fsp3) is 0.667. The SMILES string of the molecule is CCCCCCCCCCCCc1ccc(Cl)cc1N. The van der Waals surface area contributed by atoms with Crippen LogP contribution in [0.4, 0.5) is 5.69 Å². The topological polar surface area (TPSA) is 26.0 Å². The Bertz CT molecular complexity index is 362. The molecule has 0 bridgehead atoms. The minimum absolute atomic E-state index is 0.731. The number of rotatable bonds is 11. The predicted molar refractivity (Wildman–Crippen MR) is 91.4 cm³/mol. The molecule has 0 unspecified atom stereocenters. The van der Waals surface area contributed by atoms with Crippen molar-refractivity contribution < 1.29 is 0 Å². The molecule has 1 nitrogen and oxygen atoms in total. The van der Waals surface area contributed by atoms with Gasteiger partial charge in [0, 0.05) is 10.7 Å². The van der Waals surface area contributed by atoms with E-state index in [-0.39, 0.29) is 0 Å². The number of nitrogens with two attached hydrogens (primary N) is 1. The Morgan fingerprint density at radius 2 is 1.40 bits per heavy atom. The van der Waals surface area contributed by atoms with Gasteiger partial charge in [0.1, 0.15) is 0 Å². The summed E-state index contributed by atoms with van der Waals surface area (Å²) in [6.07, 6.45) is 14.8. The van der Waals surface area contributed by atoms with Crippen molar-refractivity contribution >= 4 is 17.3 Å². The van der Waals surface area contributed by atoms with Crippen LogP contribution < -0.4 is 5.73 Å². The molecule has 0 spiro atoms. The van der Waals surface area contributed by atoms with E-state index >= 15 is 0 Å². The van der Waals surface area contributed by atoms with Gasteiger partial charge in [0.25, 0.3) is 0 Å². The van der Waals surface area contributed by atoms with Crippen molar-refractivity contribution in [2.45, 2.75) is 77.6 Å². The highest BCUT2D eigenvalue weighted by molar-refractivity contribution is 6.30. The van der Waals surface area contributed by atoms with Crippen LogP contribution in [0.1, 0.15) is 76.7 Å². The average Bonchev–Trinajstić information content (AvgIpc) is 2.43. The number of unbranched alkanes of at least 4 members (excludes halogenated alkanes) is 9. The van der Waals surface area contributed by atoms with E-state index in [0.29, 0.717) is 0 Å². The molecule has 1 aromatic rings. The van der Waals surface area contributed by atoms with E-state index in [2.05, 4.69) is 13.0 Å². The van der Waals surface area contributed by atoms with Gasteiger partial charge in [-0.05, 0) is 30.5 Å². The van der Waals surface area contributed by atoms with Gasteiger partial charge in [-0.3, -0.25) is 0 Å². The molecule has 0 radical (unpaired) electrons. The summed E-state index contributed by atoms with van der Waals surface area (Å²) in [4.78, 5) is 0. The van der Waals surface area contributed by atoms with Crippen molar-refractivity contribution in [3.63, 3.8) is 0 Å². The number of anilines is 1. The summed E-state index contributed by atoms with van der Waals surface area (Å²) in [6.45, 7) is 2.27. The number of hydrogen-bond donors (Lipinski definition) is 1. The van der Waals surface area contributed by atoms with E-state index in [0.717, 1.165) is 17.1 Å². The summed E-state index contributed by atoms with van der Waals surface area (Å²) in [5.74, 6) is 0. The predicted octanol–water partition coefficient (Wildman–Crippen LogP) is 6.39. The van der Waals surface area contributed by atoms with Crippen molar-refractivity contribution in [3.8, 4) is 0 Å². The van der Waals surface area contributed by atoms with Gasteiger partial charge in [-0.15, -0.1) is 0 Å². The fourth-order valence-corrected chi connectivity index (χ4v) is 2.78. The van der Waals surface area contributed by atoms with Crippen LogP contribution in [-0.4, -0.2) is 0 Å². The van der Waals surface area contributed by atoms with Crippen LogP contribution >= 0.6 is 11.6 Å². The Hall–Kier alpha value is -0.690. The van der Waals surface area contributed by atoms with E-state index in [1.54, 1.807) is 0 Å². The van der Waals surface area contributed by atoms with Crippen LogP contribution in [0.2, 0.25) is 5.02 Å². The molecular formula is C18H30ClN. The molecule has 0 aromatic heterocycles. The van der Waals surface area contributed by atoms with Gasteiger partial charge in [-0.1, -0.05) is 82.4 Å². The monoisotopic (exact) mass is 295 g/mol. The molecule has 2 heteroatoms. The zero-order chi connectivity index (χ0) is 14.6. The molecule has 114 valence electrons. The van der Waals surface area contributed by atoms with E-state index in [4.69, 9.17) is 17.3 Å². The normalized spacial score (nSPS) is 10.9. The lowest BCUT2D eigenvalue weighted by atomic mass is 10.0. The second kappa shape index (κ2) is 11.0. The molecule has 20 heavy (non-hydrogen) atoms. The highest BCUT2D eigenvalue weighted by atomic mass is 35.5. The van der Waals surface area contributed by atoms with Gasteiger partial charge in [-0.2, -0.15) is 0 Å². The van der Waals surface area contributed by atoms with Crippen LogP contribution in [0.5, 0.6) is 0 Å². The van der Waals surface area contributed by atoms with E-state index < -0.39 is 0 Å². The summed E-state index contributed by atoms with van der Waals surface area (Å²) < 4.78 is 0. The highest BCUT2D eigenvalue weighted by Crippen LogP contribution is 2.20. The van der Waals surface area contributed by atoms with Crippen molar-refractivity contribution in [2.24, 2.45) is 0 Å². The average molecular weight is 296 g/mol. The molecule has 0 atom stereocenters. The van der Waals surface area contributed by atoms with Crippen LogP contribution in [-0.2, 0) is 6.42 Å². The van der Waals surface area contributed by atoms with Crippen molar-refractivity contribution in [1.29, 1.82) is 0 Å². The minimum atomic E-state index is 0.731. The maximum absolute atomic E-state index is 5.96. The van der Waals surface area contributed by atoms with Gasteiger partial charge in [0.05, 0.1) is 0 Å². The number of nitrogen functional groups attached to an aromatic ring is 1. The second-order valence-corrected chi connectivity index (χ2v) is 6.21. The third-order valence-corrected chi connectivity index (χ3v) is 4.14. The Morgan fingerprint density at radius 1 is 0.850 bits per heavy atom. The Morgan fingerprint density at radius 3 is 1.95 bits per heavy atom. The molecule has 1 aromatic carbocycles. The zero-order valence-corrected chi connectivity index (χ0v) is 13.7. The second-order valence-electron chi connectivity index (χ2n) is 5.78. The number of halogens is 1. The lowest BCUT2D eigenvalue weighted by Gasteiger charge is -2.06. The van der Waals surface area contributed by atoms with E-state index in [9.17, 15) is 0 Å². The third-order valence-electron chi connectivity index (χ3n) is 3.91. The minimum Gasteiger partial charge on any atom is -0.398 e. The number of benzene rings is 1. The molecule has 0 saturated carbocycles. The molecule has 0 heterocycles. The molecular weight excluding hydrogens is 266 g/mol. The molecule has 0 aliphatic carbocycles. The summed E-state index contributed by atoms with van der Waals surface area (Å²) >= 11 is 5.90. The number of hydrogen-bond acceptors (Lipinski definition) is 1. The zero-order valence-electron chi connectivity index (χ0n) is 13.0. The number of aryl methyl sites for hydroxylation is 1. The van der Waals surface area contributed by atoms with Crippen LogP contribution in [0.3, 0.4) is 0 Å². The van der Waals surface area contributed by atoms with Crippen LogP contribution in [0, 0.1) is 0 Å². The van der Waals surface area contributed by atoms with E-state index in [1.165, 1.54) is 69.8 Å². The van der Waals surface area contributed by atoms with Crippen molar-refractivity contribution in [3.05, 3.63) is 28.8 Å². The van der Waals surface area contributed by atoms with Gasteiger partial charge in [-0.25, -0.2) is 0 Å². The Kier molecular flexibility index (Phi) is 9.57. The van der Waals surface area contributed by atoms with Gasteiger partial charge >= 0.3 is 0 Å². The first kappa shape index (κ1) is 17.4. The Balaban J connectivity index is 1.97. The molecule has 0 fully saturated rings. The van der Waals surface area contributed by atoms with Crippen LogP contribution in [0.25, 0.3) is 0 Å². The molecule has 0 amide bonds. The molecule has 0 aliphatic rings. The highest BCUT2D eigenvalue weighted by Gasteiger charge is 2.00. The van der Waals surface area contributed by atoms with Gasteiger partial charge < -0.3 is 5.73 Å². The first-order chi connectivity index (χ1) is 9.74. The van der Waals surface area contributed by atoms with E-state index in [1.807, 2.05) is 12.1 Å². The smallest absolute Gasteiger partial charge is 0.0426 e. The Labute approximate surface area is 129 Å². The molecule has 0 saturated heterocycles. The fourth-order valence-electron chi connectivity index (χ4n) is 2.60. The standard InChI is InChI=1S/C18H30ClN/c1-2-3-4-5-6-7-8-9-10-11-12-16-13-14-17(19)15-18(16)20/h13-15H,2-12,20H2,1H3. The first-order valence-electron chi connectivity index (χ1n) is 8.28. The quantitative estimate of drug-likeness (QED) is 0.372. The molecule has 1 rings (SSSR count). The summed E-state index contributed by atoms with van der Waals surface area (Å²) in [7, 11) is 0. The molecule has 0 aliphatic heterocycles. The van der Waals surface area contributed by atoms with Crippen molar-refractivity contribution in [2.75, 3.05) is 5.73 Å². The maximum Gasteiger partial charge on any atom is 0.0426 e. The first-order valence-corrected chi connectivity index (χ1v) is 8.65. The lowest BCUT2D eigenvalue weighted by Crippen LogP contribution is -1.94. The largest absolute Gasteiger partial charge is 0.398 e. The third kappa shape index (κ3) is 7.79. The van der Waals surface area contributed by atoms with Crippen LogP contribution in [0.15, 0.2) is 18.2 Å². The van der Waals surface area contributed by atoms with Gasteiger partial charge in [0.15, 0.2) is 0 Å².